The first-order chi connectivity index (χ1) is 11.0. The highest BCUT2D eigenvalue weighted by atomic mass is 32.1. The number of likely N-dealkylation sites (tertiary alicyclic amines) is 1. The summed E-state index contributed by atoms with van der Waals surface area (Å²) in [6.07, 6.45) is -0.0272. The van der Waals surface area contributed by atoms with Gasteiger partial charge < -0.3 is 15.0 Å². The highest BCUT2D eigenvalue weighted by Crippen LogP contribution is 2.34. The summed E-state index contributed by atoms with van der Waals surface area (Å²) in [5, 5.41) is 12.4. The van der Waals surface area contributed by atoms with E-state index < -0.39 is 23.3 Å². The summed E-state index contributed by atoms with van der Waals surface area (Å²) in [5.74, 6) is -0.439. The van der Waals surface area contributed by atoms with E-state index in [0.717, 1.165) is 16.5 Å². The molecule has 0 aromatic carbocycles. The monoisotopic (exact) mass is 335 g/mol. The Morgan fingerprint density at radius 1 is 1.39 bits per heavy atom. The number of β-amino-alcohol motifs (C(OH)–C–C–N with tert-alkyl or cyclic N) is 1. The lowest BCUT2D eigenvalue weighted by atomic mass is 9.90. The number of aromatic nitrogens is 2. The van der Waals surface area contributed by atoms with Crippen LogP contribution in [-0.4, -0.2) is 45.1 Å². The first-order valence-electron chi connectivity index (χ1n) is 7.30. The van der Waals surface area contributed by atoms with E-state index in [4.69, 9.17) is 0 Å². The standard InChI is InChI=1S/C15H17N3O4S/c1-8-3-5-23-13(8)9-2-4-18(7-11(9)19)14(21)10-6-12(20)17-15(22)16-10/h3,5-6,9,11,19H,2,4,7H2,1H3,(H2,16,17,20,22)/t9-,11-/m1/s1. The summed E-state index contributed by atoms with van der Waals surface area (Å²) in [7, 11) is 0. The van der Waals surface area contributed by atoms with Crippen LogP contribution in [-0.2, 0) is 0 Å². The van der Waals surface area contributed by atoms with E-state index >= 15 is 0 Å². The van der Waals surface area contributed by atoms with E-state index in [1.165, 1.54) is 4.90 Å². The van der Waals surface area contributed by atoms with Crippen molar-refractivity contribution < 1.29 is 9.90 Å². The largest absolute Gasteiger partial charge is 0.391 e. The number of rotatable bonds is 2. The lowest BCUT2D eigenvalue weighted by Crippen LogP contribution is -2.46. The second-order valence-corrected chi connectivity index (χ2v) is 6.63. The number of carbonyl (C=O) groups is 1. The number of aliphatic hydroxyl groups is 1. The van der Waals surface area contributed by atoms with Gasteiger partial charge >= 0.3 is 5.69 Å². The molecule has 23 heavy (non-hydrogen) atoms. The third kappa shape index (κ3) is 3.13. The molecule has 7 nitrogen and oxygen atoms in total. The third-order valence-corrected chi connectivity index (χ3v) is 5.25. The molecular weight excluding hydrogens is 318 g/mol. The van der Waals surface area contributed by atoms with Crippen molar-refractivity contribution in [2.75, 3.05) is 13.1 Å². The summed E-state index contributed by atoms with van der Waals surface area (Å²) in [6.45, 7) is 2.65. The number of hydrogen-bond donors (Lipinski definition) is 3. The Kier molecular flexibility index (Phi) is 4.18. The fraction of sp³-hybridized carbons (Fsp3) is 0.400. The molecule has 3 heterocycles. The maximum absolute atomic E-state index is 12.4. The third-order valence-electron chi connectivity index (χ3n) is 4.10. The Hall–Kier alpha value is -2.19. The van der Waals surface area contributed by atoms with Crippen LogP contribution in [0.1, 0.15) is 33.3 Å². The molecule has 0 aliphatic carbocycles. The van der Waals surface area contributed by atoms with E-state index in [1.807, 2.05) is 23.4 Å². The van der Waals surface area contributed by atoms with Gasteiger partial charge in [0, 0.05) is 30.0 Å². The zero-order valence-corrected chi connectivity index (χ0v) is 13.4. The van der Waals surface area contributed by atoms with Gasteiger partial charge in [-0.05, 0) is 30.4 Å². The van der Waals surface area contributed by atoms with Gasteiger partial charge in [0.15, 0.2) is 0 Å². The molecule has 1 saturated heterocycles. The van der Waals surface area contributed by atoms with Crippen LogP contribution in [0.15, 0.2) is 27.1 Å². The second kappa shape index (κ2) is 6.13. The van der Waals surface area contributed by atoms with Crippen molar-refractivity contribution in [1.82, 2.24) is 14.9 Å². The fourth-order valence-corrected chi connectivity index (χ4v) is 4.06. The smallest absolute Gasteiger partial charge is 0.326 e. The quantitative estimate of drug-likeness (QED) is 0.739. The van der Waals surface area contributed by atoms with E-state index in [-0.39, 0.29) is 18.2 Å². The van der Waals surface area contributed by atoms with Crippen LogP contribution in [0.2, 0.25) is 0 Å². The topological polar surface area (TPSA) is 106 Å². The Balaban J connectivity index is 1.77. The predicted molar refractivity (Wildman–Crippen MR) is 86.0 cm³/mol. The fourth-order valence-electron chi connectivity index (χ4n) is 2.94. The average Bonchev–Trinajstić information content (AvgIpc) is 2.91. The number of piperidine rings is 1. The molecule has 8 heteroatoms. The summed E-state index contributed by atoms with van der Waals surface area (Å²) in [4.78, 5) is 42.0. The molecule has 0 spiro atoms. The van der Waals surface area contributed by atoms with E-state index in [2.05, 4.69) is 4.98 Å². The van der Waals surface area contributed by atoms with E-state index in [1.54, 1.807) is 11.3 Å². The Bertz CT molecular complexity index is 809. The molecule has 1 fully saturated rings. The van der Waals surface area contributed by atoms with Gasteiger partial charge in [0.2, 0.25) is 0 Å². The molecule has 1 amide bonds. The van der Waals surface area contributed by atoms with Crippen molar-refractivity contribution in [2.45, 2.75) is 25.4 Å². The SMILES string of the molecule is Cc1ccsc1[C@@H]1CCN(C(=O)c2cc(=O)[nH]c(=O)[nH]2)C[C@H]1O. The highest BCUT2D eigenvalue weighted by molar-refractivity contribution is 7.10. The van der Waals surface area contributed by atoms with Crippen molar-refractivity contribution in [2.24, 2.45) is 0 Å². The molecule has 1 aliphatic rings. The zero-order valence-electron chi connectivity index (χ0n) is 12.5. The number of carbonyl (C=O) groups excluding carboxylic acids is 1. The molecule has 0 saturated carbocycles. The molecule has 3 rings (SSSR count). The first-order valence-corrected chi connectivity index (χ1v) is 8.18. The van der Waals surface area contributed by atoms with Crippen molar-refractivity contribution in [3.05, 3.63) is 54.5 Å². The van der Waals surface area contributed by atoms with Gasteiger partial charge in [-0.1, -0.05) is 0 Å². The van der Waals surface area contributed by atoms with Gasteiger partial charge in [0.25, 0.3) is 11.5 Å². The van der Waals surface area contributed by atoms with Gasteiger partial charge in [0.05, 0.1) is 6.10 Å². The van der Waals surface area contributed by atoms with Gasteiger partial charge in [-0.25, -0.2) is 4.79 Å². The number of aryl methyl sites for hydroxylation is 1. The predicted octanol–water partition coefficient (Wildman–Crippen LogP) is 0.424. The van der Waals surface area contributed by atoms with Crippen molar-refractivity contribution >= 4 is 17.2 Å². The molecule has 122 valence electrons. The zero-order chi connectivity index (χ0) is 16.6. The van der Waals surface area contributed by atoms with Crippen LogP contribution in [0.25, 0.3) is 0 Å². The second-order valence-electron chi connectivity index (χ2n) is 5.68. The van der Waals surface area contributed by atoms with Crippen LogP contribution in [0.3, 0.4) is 0 Å². The number of hydrogen-bond acceptors (Lipinski definition) is 5. The Morgan fingerprint density at radius 2 is 2.17 bits per heavy atom. The highest BCUT2D eigenvalue weighted by Gasteiger charge is 2.33. The number of thiophene rings is 1. The van der Waals surface area contributed by atoms with Crippen molar-refractivity contribution in [3.8, 4) is 0 Å². The summed E-state index contributed by atoms with van der Waals surface area (Å²) < 4.78 is 0. The first kappa shape index (κ1) is 15.7. The molecular formula is C15H17N3O4S. The number of aromatic amines is 2. The number of nitrogens with one attached hydrogen (secondary N) is 2. The minimum Gasteiger partial charge on any atom is -0.391 e. The molecule has 2 atom stereocenters. The van der Waals surface area contributed by atoms with Crippen LogP contribution in [0.4, 0.5) is 0 Å². The molecule has 0 unspecified atom stereocenters. The summed E-state index contributed by atoms with van der Waals surface area (Å²) >= 11 is 1.61. The van der Waals surface area contributed by atoms with Gasteiger partial charge in [-0.3, -0.25) is 14.6 Å². The van der Waals surface area contributed by atoms with Gasteiger partial charge in [-0.15, -0.1) is 11.3 Å². The molecule has 0 radical (unpaired) electrons. The Morgan fingerprint density at radius 3 is 2.78 bits per heavy atom. The van der Waals surface area contributed by atoms with Gasteiger partial charge in [-0.2, -0.15) is 0 Å². The minimum absolute atomic E-state index is 0.0114. The molecule has 3 N–H and O–H groups in total. The van der Waals surface area contributed by atoms with Gasteiger partial charge in [0.1, 0.15) is 5.69 Å². The average molecular weight is 335 g/mol. The molecule has 2 aromatic heterocycles. The lowest BCUT2D eigenvalue weighted by molar-refractivity contribution is 0.0382. The number of nitrogens with zero attached hydrogens (tertiary/aromatic N) is 1. The van der Waals surface area contributed by atoms with Crippen molar-refractivity contribution in [1.29, 1.82) is 0 Å². The number of amides is 1. The number of aliphatic hydroxyl groups excluding tert-OH is 1. The van der Waals surface area contributed by atoms with Crippen molar-refractivity contribution in [3.63, 3.8) is 0 Å². The summed E-state index contributed by atoms with van der Waals surface area (Å²) in [6, 6.07) is 3.08. The maximum Gasteiger partial charge on any atom is 0.326 e. The molecule has 0 bridgehead atoms. The van der Waals surface area contributed by atoms with Crippen LogP contribution in [0.5, 0.6) is 0 Å². The van der Waals surface area contributed by atoms with Crippen LogP contribution >= 0.6 is 11.3 Å². The Labute approximate surface area is 135 Å². The molecule has 1 aliphatic heterocycles. The van der Waals surface area contributed by atoms with E-state index in [9.17, 15) is 19.5 Å². The normalized spacial score (nSPS) is 21.4. The van der Waals surface area contributed by atoms with E-state index in [0.29, 0.717) is 13.0 Å². The lowest BCUT2D eigenvalue weighted by Gasteiger charge is -2.35. The minimum atomic E-state index is -0.717. The summed E-state index contributed by atoms with van der Waals surface area (Å²) in [5.41, 5.74) is -0.248. The molecule has 2 aromatic rings. The van der Waals surface area contributed by atoms with Crippen LogP contribution in [0, 0.1) is 6.92 Å². The van der Waals surface area contributed by atoms with Crippen LogP contribution < -0.4 is 11.2 Å². The maximum atomic E-state index is 12.4. The number of H-pyrrole nitrogens is 2.